The van der Waals surface area contributed by atoms with Crippen LogP contribution in [0.5, 0.6) is 5.88 Å². The van der Waals surface area contributed by atoms with Crippen LogP contribution in [-0.4, -0.2) is 31.4 Å². The Hall–Kier alpha value is -2.99. The van der Waals surface area contributed by atoms with E-state index >= 15 is 0 Å². The lowest BCUT2D eigenvalue weighted by atomic mass is 10.0. The zero-order chi connectivity index (χ0) is 16.7. The molecule has 1 N–H and O–H groups in total. The lowest BCUT2D eigenvalue weighted by Gasteiger charge is -2.14. The molecule has 0 spiro atoms. The fraction of sp³-hybridized carbons (Fsp3) is 0.0588. The summed E-state index contributed by atoms with van der Waals surface area (Å²) in [4.78, 5) is 20.9. The number of aromatic nitrogens is 3. The van der Waals surface area contributed by atoms with Gasteiger partial charge in [0.25, 0.3) is 0 Å². The SMILES string of the molecule is O=C1Cn2nc(O)c(-c3cccnc3)c2N=C1c1ccc(Cl)cc1. The molecule has 0 fully saturated rings. The summed E-state index contributed by atoms with van der Waals surface area (Å²) in [7, 11) is 0. The zero-order valence-electron chi connectivity index (χ0n) is 12.3. The molecule has 0 saturated heterocycles. The minimum atomic E-state index is -0.176. The zero-order valence-corrected chi connectivity index (χ0v) is 13.1. The van der Waals surface area contributed by atoms with Crippen LogP contribution in [0.25, 0.3) is 11.1 Å². The van der Waals surface area contributed by atoms with Gasteiger partial charge in [-0.15, -0.1) is 5.10 Å². The number of aliphatic imine (C=N–C) groups is 1. The van der Waals surface area contributed by atoms with Gasteiger partial charge in [0.15, 0.2) is 5.82 Å². The highest BCUT2D eigenvalue weighted by molar-refractivity contribution is 6.47. The first kappa shape index (κ1) is 14.6. The Kier molecular flexibility index (Phi) is 3.39. The monoisotopic (exact) mass is 338 g/mol. The summed E-state index contributed by atoms with van der Waals surface area (Å²) in [6, 6.07) is 10.5. The molecule has 0 bridgehead atoms. The molecular formula is C17H11ClN4O2. The Labute approximate surface area is 142 Å². The van der Waals surface area contributed by atoms with Crippen molar-refractivity contribution >= 4 is 28.9 Å². The molecular weight excluding hydrogens is 328 g/mol. The number of aromatic hydroxyl groups is 1. The fourth-order valence-corrected chi connectivity index (χ4v) is 2.77. The summed E-state index contributed by atoms with van der Waals surface area (Å²) in [6.45, 7) is 0.0185. The molecule has 0 amide bonds. The number of Topliss-reactive ketones (excluding diaryl/α,β-unsaturated/α-hetero) is 1. The van der Waals surface area contributed by atoms with Crippen molar-refractivity contribution < 1.29 is 9.90 Å². The summed E-state index contributed by atoms with van der Waals surface area (Å²) in [5.74, 6) is 0.0852. The third kappa shape index (κ3) is 2.37. The maximum absolute atomic E-state index is 12.4. The highest BCUT2D eigenvalue weighted by Crippen LogP contribution is 2.39. The number of halogens is 1. The summed E-state index contributed by atoms with van der Waals surface area (Å²) in [5, 5.41) is 14.8. The Morgan fingerprint density at radius 1 is 1.12 bits per heavy atom. The van der Waals surface area contributed by atoms with Crippen molar-refractivity contribution in [2.24, 2.45) is 4.99 Å². The minimum Gasteiger partial charge on any atom is -0.492 e. The second kappa shape index (κ2) is 5.58. The van der Waals surface area contributed by atoms with Crippen molar-refractivity contribution in [1.29, 1.82) is 0 Å². The number of rotatable bonds is 2. The number of pyridine rings is 1. The van der Waals surface area contributed by atoms with Gasteiger partial charge in [-0.2, -0.15) is 0 Å². The Balaban J connectivity index is 1.89. The van der Waals surface area contributed by atoms with Crippen LogP contribution in [0.3, 0.4) is 0 Å². The second-order valence-corrected chi connectivity index (χ2v) is 5.75. The van der Waals surface area contributed by atoms with Crippen molar-refractivity contribution in [3.05, 3.63) is 59.4 Å². The first-order valence-electron chi connectivity index (χ1n) is 7.21. The molecule has 2 aromatic heterocycles. The van der Waals surface area contributed by atoms with Crippen LogP contribution in [0, 0.1) is 0 Å². The summed E-state index contributed by atoms with van der Waals surface area (Å²) in [6.07, 6.45) is 3.26. The number of carbonyl (C=O) groups is 1. The number of carbonyl (C=O) groups excluding carboxylic acids is 1. The minimum absolute atomic E-state index is 0.0185. The van der Waals surface area contributed by atoms with Gasteiger partial charge in [0.1, 0.15) is 12.3 Å². The molecule has 6 nitrogen and oxygen atoms in total. The second-order valence-electron chi connectivity index (χ2n) is 5.31. The first-order valence-corrected chi connectivity index (χ1v) is 7.59. The van der Waals surface area contributed by atoms with E-state index in [0.717, 1.165) is 0 Å². The fourth-order valence-electron chi connectivity index (χ4n) is 2.65. The van der Waals surface area contributed by atoms with Gasteiger partial charge in [0.2, 0.25) is 11.7 Å². The van der Waals surface area contributed by atoms with Gasteiger partial charge >= 0.3 is 0 Å². The van der Waals surface area contributed by atoms with E-state index < -0.39 is 0 Å². The van der Waals surface area contributed by atoms with Gasteiger partial charge in [-0.1, -0.05) is 29.8 Å². The van der Waals surface area contributed by atoms with E-state index in [1.54, 1.807) is 48.8 Å². The van der Waals surface area contributed by atoms with Crippen LogP contribution in [0.1, 0.15) is 5.56 Å². The van der Waals surface area contributed by atoms with Crippen LogP contribution in [0.2, 0.25) is 5.02 Å². The molecule has 1 aliphatic heterocycles. The Morgan fingerprint density at radius 3 is 2.62 bits per heavy atom. The third-order valence-electron chi connectivity index (χ3n) is 3.75. The van der Waals surface area contributed by atoms with Crippen LogP contribution in [0.4, 0.5) is 5.82 Å². The molecule has 24 heavy (non-hydrogen) atoms. The lowest BCUT2D eigenvalue weighted by molar-refractivity contribution is -0.113. The van der Waals surface area contributed by atoms with E-state index in [-0.39, 0.29) is 18.2 Å². The smallest absolute Gasteiger partial charge is 0.240 e. The van der Waals surface area contributed by atoms with Crippen molar-refractivity contribution in [2.75, 3.05) is 0 Å². The van der Waals surface area contributed by atoms with Crippen LogP contribution >= 0.6 is 11.6 Å². The summed E-state index contributed by atoms with van der Waals surface area (Å²) >= 11 is 5.90. The maximum atomic E-state index is 12.4. The quantitative estimate of drug-likeness (QED) is 0.778. The lowest BCUT2D eigenvalue weighted by Crippen LogP contribution is -2.25. The van der Waals surface area contributed by atoms with E-state index in [4.69, 9.17) is 11.6 Å². The molecule has 1 aliphatic rings. The van der Waals surface area contributed by atoms with Crippen LogP contribution < -0.4 is 0 Å². The van der Waals surface area contributed by atoms with E-state index in [2.05, 4.69) is 15.1 Å². The van der Waals surface area contributed by atoms with Crippen LogP contribution in [-0.2, 0) is 11.3 Å². The number of ketones is 1. The predicted octanol–water partition coefficient (Wildman–Crippen LogP) is 3.01. The van der Waals surface area contributed by atoms with Gasteiger partial charge in [-0.3, -0.25) is 9.78 Å². The topological polar surface area (TPSA) is 80.4 Å². The highest BCUT2D eigenvalue weighted by Gasteiger charge is 2.28. The number of benzene rings is 1. The highest BCUT2D eigenvalue weighted by atomic mass is 35.5. The molecule has 1 aromatic carbocycles. The number of fused-ring (bicyclic) bond motifs is 1. The molecule has 4 rings (SSSR count). The van der Waals surface area contributed by atoms with Gasteiger partial charge < -0.3 is 5.11 Å². The van der Waals surface area contributed by atoms with E-state index in [1.807, 2.05) is 0 Å². The average molecular weight is 339 g/mol. The van der Waals surface area contributed by atoms with Crippen molar-refractivity contribution in [2.45, 2.75) is 6.54 Å². The number of hydrogen-bond acceptors (Lipinski definition) is 5. The molecule has 0 saturated carbocycles. The van der Waals surface area contributed by atoms with Gasteiger partial charge in [0.05, 0.1) is 5.56 Å². The predicted molar refractivity (Wildman–Crippen MR) is 89.8 cm³/mol. The molecule has 0 aliphatic carbocycles. The molecule has 7 heteroatoms. The molecule has 118 valence electrons. The molecule has 0 radical (unpaired) electrons. The Morgan fingerprint density at radius 2 is 1.92 bits per heavy atom. The standard InChI is InChI=1S/C17H11ClN4O2/c18-12-5-3-10(4-6-12)15-13(23)9-22-16(20-15)14(17(24)21-22)11-2-1-7-19-8-11/h1-8H,9H2,(H,21,24). The molecule has 3 aromatic rings. The Bertz CT molecular complexity index is 962. The number of hydrogen-bond donors (Lipinski definition) is 1. The molecule has 0 atom stereocenters. The van der Waals surface area contributed by atoms with Gasteiger partial charge in [-0.05, 0) is 18.2 Å². The molecule has 3 heterocycles. The average Bonchev–Trinajstić information content (AvgIpc) is 2.90. The number of nitrogens with zero attached hydrogens (tertiary/aromatic N) is 4. The summed E-state index contributed by atoms with van der Waals surface area (Å²) in [5.41, 5.74) is 2.14. The maximum Gasteiger partial charge on any atom is 0.240 e. The van der Waals surface area contributed by atoms with Crippen molar-refractivity contribution in [1.82, 2.24) is 14.8 Å². The van der Waals surface area contributed by atoms with E-state index in [0.29, 0.717) is 33.2 Å². The van der Waals surface area contributed by atoms with E-state index in [1.165, 1.54) is 4.68 Å². The van der Waals surface area contributed by atoms with E-state index in [9.17, 15) is 9.90 Å². The van der Waals surface area contributed by atoms with Crippen molar-refractivity contribution in [3.63, 3.8) is 0 Å². The van der Waals surface area contributed by atoms with Gasteiger partial charge in [0, 0.05) is 28.5 Å². The first-order chi connectivity index (χ1) is 11.6. The largest absolute Gasteiger partial charge is 0.492 e. The van der Waals surface area contributed by atoms with Crippen LogP contribution in [0.15, 0.2) is 53.8 Å². The summed E-state index contributed by atoms with van der Waals surface area (Å²) < 4.78 is 1.40. The third-order valence-corrected chi connectivity index (χ3v) is 4.00. The van der Waals surface area contributed by atoms with Gasteiger partial charge in [-0.25, -0.2) is 9.67 Å². The molecule has 0 unspecified atom stereocenters. The normalized spacial score (nSPS) is 13.5. The van der Waals surface area contributed by atoms with Crippen molar-refractivity contribution in [3.8, 4) is 17.0 Å².